The summed E-state index contributed by atoms with van der Waals surface area (Å²) in [5.41, 5.74) is 0.847. The highest BCUT2D eigenvalue weighted by Gasteiger charge is 2.11. The molecular formula is C14H21NO2. The Hall–Kier alpha value is -1.35. The molecule has 1 fully saturated rings. The fourth-order valence-electron chi connectivity index (χ4n) is 1.69. The third-order valence-electron chi connectivity index (χ3n) is 2.88. The monoisotopic (exact) mass is 235 g/mol. The van der Waals surface area contributed by atoms with Crippen molar-refractivity contribution in [3.63, 3.8) is 0 Å². The molecule has 1 aromatic rings. The Labute approximate surface area is 103 Å². The number of rotatable bonds is 2. The fourth-order valence-corrected chi connectivity index (χ4v) is 1.69. The number of carboxylic acid groups (broad SMARTS) is 1. The van der Waals surface area contributed by atoms with E-state index in [9.17, 15) is 4.79 Å². The van der Waals surface area contributed by atoms with Gasteiger partial charge < -0.3 is 10.4 Å². The van der Waals surface area contributed by atoms with Gasteiger partial charge >= 0.3 is 5.97 Å². The molecule has 2 rings (SSSR count). The molecule has 0 amide bonds. The second kappa shape index (κ2) is 7.85. The molecule has 3 nitrogen and oxygen atoms in total. The van der Waals surface area contributed by atoms with Gasteiger partial charge in [0.2, 0.25) is 0 Å². The molecule has 0 spiro atoms. The van der Waals surface area contributed by atoms with Crippen LogP contribution in [0.3, 0.4) is 0 Å². The zero-order chi connectivity index (χ0) is 12.5. The van der Waals surface area contributed by atoms with E-state index in [1.54, 1.807) is 6.92 Å². The van der Waals surface area contributed by atoms with E-state index in [-0.39, 0.29) is 0 Å². The maximum Gasteiger partial charge on any atom is 0.310 e. The summed E-state index contributed by atoms with van der Waals surface area (Å²) in [6.45, 7) is 4.18. The van der Waals surface area contributed by atoms with Gasteiger partial charge in [-0.3, -0.25) is 4.79 Å². The summed E-state index contributed by atoms with van der Waals surface area (Å²) in [6.07, 6.45) is 4.22. The van der Waals surface area contributed by atoms with Crippen LogP contribution < -0.4 is 5.32 Å². The SMILES string of the molecule is C1CCNCC1.CC(C(=O)O)c1ccccc1. The summed E-state index contributed by atoms with van der Waals surface area (Å²) in [6, 6.07) is 9.19. The summed E-state index contributed by atoms with van der Waals surface area (Å²) in [7, 11) is 0. The van der Waals surface area contributed by atoms with E-state index >= 15 is 0 Å². The molecule has 17 heavy (non-hydrogen) atoms. The van der Waals surface area contributed by atoms with Crippen molar-refractivity contribution < 1.29 is 9.90 Å². The summed E-state index contributed by atoms with van der Waals surface area (Å²) >= 11 is 0. The first-order valence-electron chi connectivity index (χ1n) is 6.20. The average Bonchev–Trinajstić information content (AvgIpc) is 2.41. The predicted octanol–water partition coefficient (Wildman–Crippen LogP) is 2.63. The molecule has 0 aliphatic carbocycles. The largest absolute Gasteiger partial charge is 0.481 e. The van der Waals surface area contributed by atoms with Crippen molar-refractivity contribution in [3.8, 4) is 0 Å². The maximum absolute atomic E-state index is 10.5. The lowest BCUT2D eigenvalue weighted by atomic mass is 10.0. The van der Waals surface area contributed by atoms with Gasteiger partial charge in [-0.05, 0) is 38.4 Å². The Balaban J connectivity index is 0.000000202. The molecule has 1 unspecified atom stereocenters. The van der Waals surface area contributed by atoms with Crippen LogP contribution in [-0.4, -0.2) is 24.2 Å². The summed E-state index contributed by atoms with van der Waals surface area (Å²) < 4.78 is 0. The quantitative estimate of drug-likeness (QED) is 0.828. The van der Waals surface area contributed by atoms with Gasteiger partial charge in [0.25, 0.3) is 0 Å². The highest BCUT2D eigenvalue weighted by Crippen LogP contribution is 2.13. The van der Waals surface area contributed by atoms with Crippen molar-refractivity contribution in [1.82, 2.24) is 5.32 Å². The minimum Gasteiger partial charge on any atom is -0.481 e. The Kier molecular flexibility index (Phi) is 6.33. The number of nitrogens with one attached hydrogen (secondary N) is 1. The van der Waals surface area contributed by atoms with Crippen molar-refractivity contribution >= 4 is 5.97 Å². The van der Waals surface area contributed by atoms with Gasteiger partial charge in [-0.25, -0.2) is 0 Å². The normalized spacial score (nSPS) is 16.5. The second-order valence-electron chi connectivity index (χ2n) is 4.28. The van der Waals surface area contributed by atoms with Gasteiger partial charge in [-0.1, -0.05) is 36.8 Å². The van der Waals surface area contributed by atoms with Gasteiger partial charge in [0.05, 0.1) is 5.92 Å². The summed E-state index contributed by atoms with van der Waals surface area (Å²) in [5.74, 6) is -1.19. The minimum absolute atomic E-state index is 0.406. The number of hydrogen-bond donors (Lipinski definition) is 2. The van der Waals surface area contributed by atoms with Crippen LogP contribution in [-0.2, 0) is 4.79 Å². The standard InChI is InChI=1S/C9H10O2.C5H11N/c1-7(9(10)11)8-5-3-2-4-6-8;1-2-4-6-5-3-1/h2-7H,1H3,(H,10,11);6H,1-5H2. The van der Waals surface area contributed by atoms with Gasteiger partial charge in [0.1, 0.15) is 0 Å². The number of piperidine rings is 1. The lowest BCUT2D eigenvalue weighted by Crippen LogP contribution is -2.21. The molecule has 1 aliphatic heterocycles. The third-order valence-corrected chi connectivity index (χ3v) is 2.88. The zero-order valence-corrected chi connectivity index (χ0v) is 10.4. The first-order valence-corrected chi connectivity index (χ1v) is 6.20. The van der Waals surface area contributed by atoms with Gasteiger partial charge in [-0.2, -0.15) is 0 Å². The summed E-state index contributed by atoms with van der Waals surface area (Å²) in [5, 5.41) is 11.9. The van der Waals surface area contributed by atoms with Crippen LogP contribution in [0.2, 0.25) is 0 Å². The first kappa shape index (κ1) is 13.7. The zero-order valence-electron chi connectivity index (χ0n) is 10.4. The number of hydrogen-bond acceptors (Lipinski definition) is 2. The van der Waals surface area contributed by atoms with E-state index in [1.165, 1.54) is 32.4 Å². The smallest absolute Gasteiger partial charge is 0.310 e. The van der Waals surface area contributed by atoms with E-state index in [1.807, 2.05) is 30.3 Å². The van der Waals surface area contributed by atoms with Crippen LogP contribution in [0.25, 0.3) is 0 Å². The number of carboxylic acids is 1. The van der Waals surface area contributed by atoms with Gasteiger partial charge in [-0.15, -0.1) is 0 Å². The molecule has 3 heteroatoms. The molecule has 1 atom stereocenters. The molecule has 0 aromatic heterocycles. The first-order chi connectivity index (χ1) is 8.22. The summed E-state index contributed by atoms with van der Waals surface area (Å²) in [4.78, 5) is 10.5. The molecule has 0 bridgehead atoms. The van der Waals surface area contributed by atoms with E-state index in [0.29, 0.717) is 0 Å². The van der Waals surface area contributed by atoms with Crippen molar-refractivity contribution in [1.29, 1.82) is 0 Å². The Morgan fingerprint density at radius 2 is 1.76 bits per heavy atom. The number of carbonyl (C=O) groups is 1. The Bertz CT molecular complexity index is 309. The molecule has 1 heterocycles. The minimum atomic E-state index is -0.781. The third kappa shape index (κ3) is 5.50. The van der Waals surface area contributed by atoms with Crippen LogP contribution in [0.15, 0.2) is 30.3 Å². The van der Waals surface area contributed by atoms with E-state index in [2.05, 4.69) is 5.32 Å². The van der Waals surface area contributed by atoms with Gasteiger partial charge in [0, 0.05) is 0 Å². The highest BCUT2D eigenvalue weighted by molar-refractivity contribution is 5.75. The van der Waals surface area contributed by atoms with Crippen molar-refractivity contribution in [3.05, 3.63) is 35.9 Å². The van der Waals surface area contributed by atoms with E-state index < -0.39 is 11.9 Å². The van der Waals surface area contributed by atoms with Crippen LogP contribution in [0.4, 0.5) is 0 Å². The molecule has 0 saturated carbocycles. The van der Waals surface area contributed by atoms with E-state index in [0.717, 1.165) is 5.56 Å². The molecule has 1 aromatic carbocycles. The fraction of sp³-hybridized carbons (Fsp3) is 0.500. The van der Waals surface area contributed by atoms with Gasteiger partial charge in [0.15, 0.2) is 0 Å². The lowest BCUT2D eigenvalue weighted by Gasteiger charge is -2.08. The molecular weight excluding hydrogens is 214 g/mol. The van der Waals surface area contributed by atoms with E-state index in [4.69, 9.17) is 5.11 Å². The Morgan fingerprint density at radius 3 is 2.12 bits per heavy atom. The van der Waals surface area contributed by atoms with Crippen LogP contribution >= 0.6 is 0 Å². The van der Waals surface area contributed by atoms with Crippen LogP contribution in [0.5, 0.6) is 0 Å². The van der Waals surface area contributed by atoms with Crippen molar-refractivity contribution in [2.45, 2.75) is 32.1 Å². The predicted molar refractivity (Wildman–Crippen MR) is 69.2 cm³/mol. The second-order valence-corrected chi connectivity index (χ2v) is 4.28. The van der Waals surface area contributed by atoms with Crippen LogP contribution in [0.1, 0.15) is 37.7 Å². The highest BCUT2D eigenvalue weighted by atomic mass is 16.4. The average molecular weight is 235 g/mol. The topological polar surface area (TPSA) is 49.3 Å². The lowest BCUT2D eigenvalue weighted by molar-refractivity contribution is -0.138. The maximum atomic E-state index is 10.5. The molecule has 2 N–H and O–H groups in total. The molecule has 1 saturated heterocycles. The molecule has 0 radical (unpaired) electrons. The number of aliphatic carboxylic acids is 1. The Morgan fingerprint density at radius 1 is 1.18 bits per heavy atom. The molecule has 94 valence electrons. The molecule has 1 aliphatic rings. The van der Waals surface area contributed by atoms with Crippen molar-refractivity contribution in [2.24, 2.45) is 0 Å². The van der Waals surface area contributed by atoms with Crippen molar-refractivity contribution in [2.75, 3.05) is 13.1 Å². The van der Waals surface area contributed by atoms with Crippen LogP contribution in [0, 0.1) is 0 Å². The number of benzene rings is 1.